The third-order valence-corrected chi connectivity index (χ3v) is 5.38. The minimum absolute atomic E-state index is 0.00122. The third-order valence-electron chi connectivity index (χ3n) is 5.38. The van der Waals surface area contributed by atoms with Crippen molar-refractivity contribution in [1.82, 2.24) is 0 Å². The smallest absolute Gasteiger partial charge is 0.331 e. The molecule has 20 heavy (non-hydrogen) atoms. The van der Waals surface area contributed by atoms with Crippen LogP contribution in [0.4, 0.5) is 0 Å². The summed E-state index contributed by atoms with van der Waals surface area (Å²) in [5.74, 6) is 1.80. The van der Waals surface area contributed by atoms with Crippen molar-refractivity contribution in [3.63, 3.8) is 0 Å². The number of methoxy groups -OCH3 is 1. The average Bonchev–Trinajstić information content (AvgIpc) is 2.36. The van der Waals surface area contributed by atoms with Crippen molar-refractivity contribution < 1.29 is 23.8 Å². The predicted octanol–water partition coefficient (Wildman–Crippen LogP) is 1.54. The average molecular weight is 282 g/mol. The fourth-order valence-electron chi connectivity index (χ4n) is 4.61. The highest BCUT2D eigenvalue weighted by molar-refractivity contribution is 5.70. The standard InChI is InChI=1S/C15H22O5/c1-8(16)20-14-10-4-9-5-15(2,6-11(14)13(9)10)19-7-12(17)18-3/h9-11,13-14H,4-7H2,1-3H3. The lowest BCUT2D eigenvalue weighted by Gasteiger charge is -2.67. The molecule has 0 bridgehead atoms. The number of carbonyl (C=O) groups excluding carboxylic acids is 2. The predicted molar refractivity (Wildman–Crippen MR) is 69.7 cm³/mol. The molecule has 112 valence electrons. The van der Waals surface area contributed by atoms with Gasteiger partial charge in [-0.15, -0.1) is 0 Å². The molecule has 0 radical (unpaired) electrons. The van der Waals surface area contributed by atoms with E-state index in [2.05, 4.69) is 11.7 Å². The summed E-state index contributed by atoms with van der Waals surface area (Å²) in [5, 5.41) is 0. The highest BCUT2D eigenvalue weighted by Gasteiger charge is 2.66. The Labute approximate surface area is 118 Å². The molecule has 0 aromatic carbocycles. The maximum atomic E-state index is 11.2. The summed E-state index contributed by atoms with van der Waals surface area (Å²) in [4.78, 5) is 22.4. The SMILES string of the molecule is COC(=O)COC1(C)CC2CC3C(OC(C)=O)C(C1)C23. The van der Waals surface area contributed by atoms with E-state index in [1.165, 1.54) is 14.0 Å². The van der Waals surface area contributed by atoms with E-state index in [4.69, 9.17) is 9.47 Å². The van der Waals surface area contributed by atoms with Crippen LogP contribution in [0.25, 0.3) is 0 Å². The molecule has 0 aromatic heterocycles. The normalized spacial score (nSPS) is 44.6. The van der Waals surface area contributed by atoms with Gasteiger partial charge >= 0.3 is 11.9 Å². The lowest BCUT2D eigenvalue weighted by atomic mass is 9.40. The quantitative estimate of drug-likeness (QED) is 0.732. The van der Waals surface area contributed by atoms with E-state index in [0.717, 1.165) is 19.3 Å². The summed E-state index contributed by atoms with van der Waals surface area (Å²) in [6.45, 7) is 3.53. The van der Waals surface area contributed by atoms with Gasteiger partial charge < -0.3 is 14.2 Å². The fraction of sp³-hybridized carbons (Fsp3) is 0.867. The molecule has 6 atom stereocenters. The molecular weight excluding hydrogens is 260 g/mol. The van der Waals surface area contributed by atoms with E-state index in [-0.39, 0.29) is 30.3 Å². The number of hydrogen-bond donors (Lipinski definition) is 0. The first-order chi connectivity index (χ1) is 9.43. The molecule has 3 saturated carbocycles. The molecule has 0 aromatic rings. The van der Waals surface area contributed by atoms with E-state index in [0.29, 0.717) is 23.7 Å². The van der Waals surface area contributed by atoms with E-state index in [1.807, 2.05) is 0 Å². The van der Waals surface area contributed by atoms with Crippen LogP contribution in [0.1, 0.15) is 33.1 Å². The zero-order chi connectivity index (χ0) is 14.5. The van der Waals surface area contributed by atoms with Crippen LogP contribution in [0.2, 0.25) is 0 Å². The number of esters is 2. The lowest BCUT2D eigenvalue weighted by Crippen LogP contribution is -2.68. The molecule has 0 amide bonds. The van der Waals surface area contributed by atoms with Gasteiger partial charge in [-0.1, -0.05) is 0 Å². The van der Waals surface area contributed by atoms with Crippen LogP contribution >= 0.6 is 0 Å². The largest absolute Gasteiger partial charge is 0.467 e. The monoisotopic (exact) mass is 282 g/mol. The van der Waals surface area contributed by atoms with Crippen molar-refractivity contribution in [3.8, 4) is 0 Å². The maximum absolute atomic E-state index is 11.2. The molecule has 3 rings (SSSR count). The number of ether oxygens (including phenoxy) is 3. The Balaban J connectivity index is 1.62. The Morgan fingerprint density at radius 3 is 2.65 bits per heavy atom. The Hall–Kier alpha value is -1.10. The maximum Gasteiger partial charge on any atom is 0.331 e. The van der Waals surface area contributed by atoms with E-state index < -0.39 is 0 Å². The summed E-state index contributed by atoms with van der Waals surface area (Å²) in [6.07, 6.45) is 3.04. The third kappa shape index (κ3) is 2.12. The second kappa shape index (κ2) is 4.72. The van der Waals surface area contributed by atoms with Gasteiger partial charge in [0.25, 0.3) is 0 Å². The second-order valence-electron chi connectivity index (χ2n) is 6.70. The zero-order valence-corrected chi connectivity index (χ0v) is 12.3. The first kappa shape index (κ1) is 13.9. The summed E-state index contributed by atoms with van der Waals surface area (Å²) < 4.78 is 15.9. The molecular formula is C15H22O5. The molecule has 6 unspecified atom stereocenters. The Morgan fingerprint density at radius 2 is 2.00 bits per heavy atom. The zero-order valence-electron chi connectivity index (χ0n) is 12.3. The van der Waals surface area contributed by atoms with Crippen LogP contribution in [0, 0.1) is 23.7 Å². The van der Waals surface area contributed by atoms with E-state index >= 15 is 0 Å². The van der Waals surface area contributed by atoms with Crippen molar-refractivity contribution in [2.75, 3.05) is 13.7 Å². The highest BCUT2D eigenvalue weighted by atomic mass is 16.6. The van der Waals surface area contributed by atoms with Gasteiger partial charge in [-0.3, -0.25) is 4.79 Å². The molecule has 0 N–H and O–H groups in total. The first-order valence-electron chi connectivity index (χ1n) is 7.31. The van der Waals surface area contributed by atoms with Crippen LogP contribution in [-0.2, 0) is 23.8 Å². The van der Waals surface area contributed by atoms with Gasteiger partial charge in [-0.2, -0.15) is 0 Å². The Bertz CT molecular complexity index is 434. The van der Waals surface area contributed by atoms with Gasteiger partial charge in [0.2, 0.25) is 0 Å². The van der Waals surface area contributed by atoms with Gasteiger partial charge in [0.05, 0.1) is 12.7 Å². The topological polar surface area (TPSA) is 61.8 Å². The van der Waals surface area contributed by atoms with Gasteiger partial charge in [0.1, 0.15) is 12.7 Å². The molecule has 0 aliphatic heterocycles. The Kier molecular flexibility index (Phi) is 3.27. The van der Waals surface area contributed by atoms with E-state index in [9.17, 15) is 9.59 Å². The minimum atomic E-state index is -0.343. The second-order valence-corrected chi connectivity index (χ2v) is 6.70. The Morgan fingerprint density at radius 1 is 1.25 bits per heavy atom. The summed E-state index contributed by atoms with van der Waals surface area (Å²) in [5.41, 5.74) is -0.302. The minimum Gasteiger partial charge on any atom is -0.467 e. The first-order valence-corrected chi connectivity index (χ1v) is 7.31. The molecule has 0 spiro atoms. The van der Waals surface area contributed by atoms with Crippen LogP contribution in [-0.4, -0.2) is 37.4 Å². The van der Waals surface area contributed by atoms with Crippen LogP contribution in [0.3, 0.4) is 0 Å². The fourth-order valence-corrected chi connectivity index (χ4v) is 4.61. The summed E-state index contributed by atoms with van der Waals surface area (Å²) in [7, 11) is 1.37. The van der Waals surface area contributed by atoms with Crippen molar-refractivity contribution in [2.24, 2.45) is 23.7 Å². The molecule has 5 nitrogen and oxygen atoms in total. The lowest BCUT2D eigenvalue weighted by molar-refractivity contribution is -0.266. The molecule has 3 fully saturated rings. The summed E-state index contributed by atoms with van der Waals surface area (Å²) in [6, 6.07) is 0. The van der Waals surface area contributed by atoms with Crippen molar-refractivity contribution in [1.29, 1.82) is 0 Å². The van der Waals surface area contributed by atoms with Crippen molar-refractivity contribution in [2.45, 2.75) is 44.8 Å². The van der Waals surface area contributed by atoms with E-state index in [1.54, 1.807) is 0 Å². The van der Waals surface area contributed by atoms with Gasteiger partial charge in [-0.25, -0.2) is 4.79 Å². The molecule has 3 aliphatic rings. The van der Waals surface area contributed by atoms with Crippen LogP contribution in [0.5, 0.6) is 0 Å². The number of rotatable bonds is 4. The van der Waals surface area contributed by atoms with Gasteiger partial charge in [0, 0.05) is 12.8 Å². The molecule has 0 heterocycles. The van der Waals surface area contributed by atoms with Crippen molar-refractivity contribution in [3.05, 3.63) is 0 Å². The van der Waals surface area contributed by atoms with Gasteiger partial charge in [-0.05, 0) is 43.9 Å². The van der Waals surface area contributed by atoms with Gasteiger partial charge in [0.15, 0.2) is 0 Å². The van der Waals surface area contributed by atoms with Crippen LogP contribution < -0.4 is 0 Å². The van der Waals surface area contributed by atoms with Crippen molar-refractivity contribution >= 4 is 11.9 Å². The molecule has 0 saturated heterocycles. The molecule has 3 aliphatic carbocycles. The summed E-state index contributed by atoms with van der Waals surface area (Å²) >= 11 is 0. The highest BCUT2D eigenvalue weighted by Crippen LogP contribution is 2.66. The molecule has 5 heteroatoms. The van der Waals surface area contributed by atoms with Crippen LogP contribution in [0.15, 0.2) is 0 Å². The number of carbonyl (C=O) groups is 2. The number of hydrogen-bond acceptors (Lipinski definition) is 5.